The zero-order valence-electron chi connectivity index (χ0n) is 11.7. The Morgan fingerprint density at radius 1 is 1.25 bits per heavy atom. The highest BCUT2D eigenvalue weighted by Crippen LogP contribution is 2.16. The lowest BCUT2D eigenvalue weighted by molar-refractivity contribution is 0.175. The van der Waals surface area contributed by atoms with Gasteiger partial charge in [0.05, 0.1) is 0 Å². The molecule has 0 radical (unpaired) electrons. The zero-order chi connectivity index (χ0) is 14.4. The standard InChI is InChI=1S/C13H23N5O2/c14-13-16-12(17-7-3-1-4-8-17)10-11(18(13)20)15-6-2-5-9-19/h10,19-20H,1-9H2,(H2,14,16). The average molecular weight is 281 g/mol. The van der Waals surface area contributed by atoms with Crippen molar-refractivity contribution in [2.45, 2.75) is 32.1 Å². The van der Waals surface area contributed by atoms with Crippen LogP contribution in [0.3, 0.4) is 0 Å². The van der Waals surface area contributed by atoms with Crippen molar-refractivity contribution in [3.63, 3.8) is 0 Å². The third-order valence-corrected chi connectivity index (χ3v) is 3.44. The van der Waals surface area contributed by atoms with Gasteiger partial charge in [0, 0.05) is 32.3 Å². The van der Waals surface area contributed by atoms with Crippen LogP contribution in [0, 0.1) is 0 Å². The lowest BCUT2D eigenvalue weighted by Crippen LogP contribution is -2.33. The molecule has 2 rings (SSSR count). The molecule has 7 nitrogen and oxygen atoms in total. The van der Waals surface area contributed by atoms with Gasteiger partial charge in [-0.2, -0.15) is 4.98 Å². The van der Waals surface area contributed by atoms with Crippen LogP contribution in [0.5, 0.6) is 0 Å². The van der Waals surface area contributed by atoms with Crippen LogP contribution in [0.15, 0.2) is 11.1 Å². The predicted octanol–water partition coefficient (Wildman–Crippen LogP) is 0.366. The molecule has 20 heavy (non-hydrogen) atoms. The second-order valence-corrected chi connectivity index (χ2v) is 5.00. The lowest BCUT2D eigenvalue weighted by Gasteiger charge is -2.27. The van der Waals surface area contributed by atoms with Crippen LogP contribution in [0.1, 0.15) is 32.1 Å². The smallest absolute Gasteiger partial charge is 0.238 e. The fourth-order valence-corrected chi connectivity index (χ4v) is 2.31. The van der Waals surface area contributed by atoms with E-state index >= 15 is 0 Å². The number of hydrogen-bond donors (Lipinski definition) is 3. The van der Waals surface area contributed by atoms with Gasteiger partial charge in [-0.15, -0.1) is 4.73 Å². The van der Waals surface area contributed by atoms with E-state index in [0.29, 0.717) is 18.5 Å². The van der Waals surface area contributed by atoms with Gasteiger partial charge in [-0.1, -0.05) is 0 Å². The van der Waals surface area contributed by atoms with Crippen molar-refractivity contribution >= 4 is 11.8 Å². The van der Waals surface area contributed by atoms with Crippen molar-refractivity contribution in [1.82, 2.24) is 9.71 Å². The van der Waals surface area contributed by atoms with E-state index < -0.39 is 0 Å². The average Bonchev–Trinajstić information content (AvgIpc) is 2.48. The maximum absolute atomic E-state index is 9.84. The van der Waals surface area contributed by atoms with Crippen LogP contribution in [0.25, 0.3) is 0 Å². The van der Waals surface area contributed by atoms with Crippen molar-refractivity contribution in [2.24, 2.45) is 4.99 Å². The molecule has 0 aromatic carbocycles. The van der Waals surface area contributed by atoms with Gasteiger partial charge in [0.15, 0.2) is 5.49 Å². The number of aliphatic hydroxyl groups excluding tert-OH is 1. The number of nitrogen functional groups attached to an aromatic ring is 1. The Bertz CT molecular complexity index is 494. The molecule has 0 amide bonds. The highest BCUT2D eigenvalue weighted by Gasteiger charge is 2.14. The third kappa shape index (κ3) is 3.63. The topological polar surface area (TPSA) is 99.9 Å². The number of anilines is 2. The number of nitrogens with zero attached hydrogens (tertiary/aromatic N) is 4. The number of aliphatic hydroxyl groups is 1. The van der Waals surface area contributed by atoms with E-state index in [1.165, 1.54) is 6.42 Å². The van der Waals surface area contributed by atoms with Gasteiger partial charge in [0.2, 0.25) is 5.95 Å². The second-order valence-electron chi connectivity index (χ2n) is 5.00. The van der Waals surface area contributed by atoms with E-state index in [2.05, 4.69) is 14.9 Å². The third-order valence-electron chi connectivity index (χ3n) is 3.44. The molecule has 0 saturated carbocycles. The molecular formula is C13H23N5O2. The molecule has 1 aliphatic heterocycles. The molecular weight excluding hydrogens is 258 g/mol. The summed E-state index contributed by atoms with van der Waals surface area (Å²) < 4.78 is 0.812. The molecule has 1 aromatic rings. The molecule has 0 atom stereocenters. The van der Waals surface area contributed by atoms with Crippen molar-refractivity contribution in [1.29, 1.82) is 0 Å². The number of rotatable bonds is 5. The first-order valence-corrected chi connectivity index (χ1v) is 7.17. The molecule has 112 valence electrons. The van der Waals surface area contributed by atoms with Crippen molar-refractivity contribution < 1.29 is 10.3 Å². The molecule has 0 bridgehead atoms. The summed E-state index contributed by atoms with van der Waals surface area (Å²) in [5.41, 5.74) is 6.15. The van der Waals surface area contributed by atoms with E-state index in [1.54, 1.807) is 6.07 Å². The summed E-state index contributed by atoms with van der Waals surface area (Å²) in [5.74, 6) is 0.822. The predicted molar refractivity (Wildman–Crippen MR) is 76.6 cm³/mol. The second kappa shape index (κ2) is 7.14. The Morgan fingerprint density at radius 3 is 2.70 bits per heavy atom. The summed E-state index contributed by atoms with van der Waals surface area (Å²) in [7, 11) is 0. The van der Waals surface area contributed by atoms with Crippen molar-refractivity contribution in [3.8, 4) is 0 Å². The van der Waals surface area contributed by atoms with Crippen molar-refractivity contribution in [2.75, 3.05) is 36.9 Å². The normalized spacial score (nSPS) is 16.6. The fourth-order valence-electron chi connectivity index (χ4n) is 2.31. The first-order chi connectivity index (χ1) is 9.72. The number of nitrogens with two attached hydrogens (primary N) is 1. The van der Waals surface area contributed by atoms with Crippen LogP contribution in [0.4, 0.5) is 11.8 Å². The largest absolute Gasteiger partial charge is 0.423 e. The lowest BCUT2D eigenvalue weighted by atomic mass is 10.1. The molecule has 1 saturated heterocycles. The Kier molecular flexibility index (Phi) is 5.23. The summed E-state index contributed by atoms with van der Waals surface area (Å²) in [6, 6.07) is 1.76. The number of piperidine rings is 1. The minimum absolute atomic E-state index is 0.0500. The molecule has 0 aliphatic carbocycles. The van der Waals surface area contributed by atoms with E-state index in [-0.39, 0.29) is 12.6 Å². The Morgan fingerprint density at radius 2 is 2.00 bits per heavy atom. The van der Waals surface area contributed by atoms with Gasteiger partial charge in [-0.05, 0) is 32.1 Å². The maximum Gasteiger partial charge on any atom is 0.238 e. The highest BCUT2D eigenvalue weighted by molar-refractivity contribution is 5.41. The molecule has 1 aliphatic rings. The molecule has 1 aromatic heterocycles. The molecule has 7 heteroatoms. The summed E-state index contributed by atoms with van der Waals surface area (Å²) in [4.78, 5) is 10.7. The summed E-state index contributed by atoms with van der Waals surface area (Å²) >= 11 is 0. The first-order valence-electron chi connectivity index (χ1n) is 7.17. The van der Waals surface area contributed by atoms with E-state index in [0.717, 1.165) is 42.9 Å². The molecule has 0 unspecified atom stereocenters. The van der Waals surface area contributed by atoms with Gasteiger partial charge >= 0.3 is 0 Å². The molecule has 0 spiro atoms. The zero-order valence-corrected chi connectivity index (χ0v) is 11.7. The van der Waals surface area contributed by atoms with Crippen LogP contribution in [-0.2, 0) is 0 Å². The van der Waals surface area contributed by atoms with Crippen LogP contribution in [0.2, 0.25) is 0 Å². The minimum atomic E-state index is 0.0500. The van der Waals surface area contributed by atoms with E-state index in [4.69, 9.17) is 10.8 Å². The molecule has 1 fully saturated rings. The summed E-state index contributed by atoms with van der Waals surface area (Å²) in [6.07, 6.45) is 5.03. The minimum Gasteiger partial charge on any atom is -0.423 e. The van der Waals surface area contributed by atoms with Crippen LogP contribution in [-0.4, -0.2) is 46.3 Å². The fraction of sp³-hybridized carbons (Fsp3) is 0.692. The molecule has 4 N–H and O–H groups in total. The van der Waals surface area contributed by atoms with Gasteiger partial charge in [0.1, 0.15) is 5.82 Å². The Balaban J connectivity index is 2.19. The Hall–Kier alpha value is -1.76. The number of aromatic nitrogens is 2. The molecule has 2 heterocycles. The quantitative estimate of drug-likeness (QED) is 0.535. The van der Waals surface area contributed by atoms with Gasteiger partial charge < -0.3 is 20.9 Å². The number of unbranched alkanes of at least 4 members (excludes halogenated alkanes) is 1. The first kappa shape index (κ1) is 14.6. The van der Waals surface area contributed by atoms with Gasteiger partial charge in [0.25, 0.3) is 0 Å². The van der Waals surface area contributed by atoms with Gasteiger partial charge in [-0.3, -0.25) is 4.99 Å². The number of hydrogen-bond acceptors (Lipinski definition) is 6. The Labute approximate surface area is 118 Å². The SMILES string of the molecule is Nc1nc(N2CCCCC2)cc(=NCCCCO)n1O. The van der Waals surface area contributed by atoms with Gasteiger partial charge in [-0.25, -0.2) is 0 Å². The monoisotopic (exact) mass is 281 g/mol. The van der Waals surface area contributed by atoms with Crippen molar-refractivity contribution in [3.05, 3.63) is 11.6 Å². The summed E-state index contributed by atoms with van der Waals surface area (Å²) in [5, 5.41) is 18.6. The van der Waals surface area contributed by atoms with Crippen LogP contribution < -0.4 is 16.1 Å². The maximum atomic E-state index is 9.84. The van der Waals surface area contributed by atoms with Crippen LogP contribution >= 0.6 is 0 Å². The highest BCUT2D eigenvalue weighted by atomic mass is 16.5. The van der Waals surface area contributed by atoms with E-state index in [1.807, 2.05) is 0 Å². The summed E-state index contributed by atoms with van der Waals surface area (Å²) in [6.45, 7) is 2.63. The van der Waals surface area contributed by atoms with E-state index in [9.17, 15) is 5.21 Å².